The van der Waals surface area contributed by atoms with Gasteiger partial charge in [-0.3, -0.25) is 0 Å². The van der Waals surface area contributed by atoms with Crippen LogP contribution in [0, 0.1) is 5.92 Å². The monoisotopic (exact) mass is 293 g/mol. The number of methoxy groups -OCH3 is 2. The molecule has 0 fully saturated rings. The Morgan fingerprint density at radius 1 is 1.19 bits per heavy atom. The maximum atomic E-state index is 5.46. The lowest BCUT2D eigenvalue weighted by atomic mass is 9.95. The van der Waals surface area contributed by atoms with Crippen molar-refractivity contribution in [2.24, 2.45) is 5.92 Å². The van der Waals surface area contributed by atoms with Crippen LogP contribution in [0.4, 0.5) is 5.69 Å². The number of hydrogen-bond acceptors (Lipinski definition) is 3. The van der Waals surface area contributed by atoms with Crippen molar-refractivity contribution >= 4 is 5.69 Å². The van der Waals surface area contributed by atoms with Crippen LogP contribution in [0.1, 0.15) is 46.5 Å². The van der Waals surface area contributed by atoms with Gasteiger partial charge in [0, 0.05) is 25.4 Å². The number of hydrogen-bond donors (Lipinski definition) is 1. The van der Waals surface area contributed by atoms with Crippen molar-refractivity contribution in [3.05, 3.63) is 24.3 Å². The molecule has 0 heterocycles. The van der Waals surface area contributed by atoms with Gasteiger partial charge in [-0.15, -0.1) is 0 Å². The van der Waals surface area contributed by atoms with Crippen LogP contribution in [-0.2, 0) is 4.74 Å². The molecule has 0 saturated carbocycles. The molecule has 1 N–H and O–H groups in total. The van der Waals surface area contributed by atoms with E-state index in [9.17, 15) is 0 Å². The first kappa shape index (κ1) is 17.8. The summed E-state index contributed by atoms with van der Waals surface area (Å²) < 4.78 is 10.7. The van der Waals surface area contributed by atoms with E-state index < -0.39 is 0 Å². The number of anilines is 1. The fourth-order valence-corrected chi connectivity index (χ4v) is 2.32. The lowest BCUT2D eigenvalue weighted by molar-refractivity contribution is 0.0127. The standard InChI is InChI=1S/C18H31NO2/c1-15(8-7-12-18(2,3)21-5)11-13-19-16-9-6-10-17(14-16)20-4/h6,9-10,14-15,19H,7-8,11-13H2,1-5H3. The Hall–Kier alpha value is -1.22. The number of rotatable bonds is 10. The van der Waals surface area contributed by atoms with Crippen molar-refractivity contribution in [2.75, 3.05) is 26.1 Å². The van der Waals surface area contributed by atoms with E-state index in [4.69, 9.17) is 9.47 Å². The zero-order valence-corrected chi connectivity index (χ0v) is 14.2. The van der Waals surface area contributed by atoms with E-state index in [0.717, 1.165) is 30.3 Å². The minimum absolute atomic E-state index is 0.0125. The lowest BCUT2D eigenvalue weighted by Crippen LogP contribution is -2.22. The molecule has 0 radical (unpaired) electrons. The Bertz CT molecular complexity index is 404. The summed E-state index contributed by atoms with van der Waals surface area (Å²) in [6.45, 7) is 7.64. The fourth-order valence-electron chi connectivity index (χ4n) is 2.32. The van der Waals surface area contributed by atoms with Crippen molar-refractivity contribution in [3.63, 3.8) is 0 Å². The predicted octanol–water partition coefficient (Wildman–Crippen LogP) is 4.73. The highest BCUT2D eigenvalue weighted by molar-refractivity contribution is 5.47. The molecule has 0 aromatic heterocycles. The van der Waals surface area contributed by atoms with Gasteiger partial charge in [0.25, 0.3) is 0 Å². The van der Waals surface area contributed by atoms with E-state index >= 15 is 0 Å². The summed E-state index contributed by atoms with van der Waals surface area (Å²) in [5, 5.41) is 3.46. The summed E-state index contributed by atoms with van der Waals surface area (Å²) in [5.41, 5.74) is 1.14. The topological polar surface area (TPSA) is 30.5 Å². The van der Waals surface area contributed by atoms with Crippen molar-refractivity contribution in [1.29, 1.82) is 0 Å². The Morgan fingerprint density at radius 3 is 2.62 bits per heavy atom. The predicted molar refractivity (Wildman–Crippen MR) is 90.2 cm³/mol. The maximum Gasteiger partial charge on any atom is 0.120 e. The summed E-state index contributed by atoms with van der Waals surface area (Å²) in [6, 6.07) is 8.09. The maximum absolute atomic E-state index is 5.46. The molecular weight excluding hydrogens is 262 g/mol. The molecule has 0 bridgehead atoms. The van der Waals surface area contributed by atoms with E-state index in [2.05, 4.69) is 32.2 Å². The first-order valence-corrected chi connectivity index (χ1v) is 7.90. The van der Waals surface area contributed by atoms with Crippen molar-refractivity contribution in [1.82, 2.24) is 0 Å². The lowest BCUT2D eigenvalue weighted by Gasteiger charge is -2.23. The minimum atomic E-state index is 0.0125. The van der Waals surface area contributed by atoms with Gasteiger partial charge >= 0.3 is 0 Å². The van der Waals surface area contributed by atoms with Crippen LogP contribution in [0.15, 0.2) is 24.3 Å². The minimum Gasteiger partial charge on any atom is -0.497 e. The first-order valence-electron chi connectivity index (χ1n) is 7.90. The molecule has 3 nitrogen and oxygen atoms in total. The van der Waals surface area contributed by atoms with Crippen LogP contribution >= 0.6 is 0 Å². The van der Waals surface area contributed by atoms with Crippen LogP contribution in [-0.4, -0.2) is 26.4 Å². The van der Waals surface area contributed by atoms with E-state index in [1.807, 2.05) is 18.2 Å². The molecule has 0 aliphatic rings. The summed E-state index contributed by atoms with van der Waals surface area (Å²) >= 11 is 0. The highest BCUT2D eigenvalue weighted by Gasteiger charge is 2.16. The smallest absolute Gasteiger partial charge is 0.120 e. The molecule has 1 aromatic carbocycles. The quantitative estimate of drug-likeness (QED) is 0.676. The van der Waals surface area contributed by atoms with Crippen molar-refractivity contribution < 1.29 is 9.47 Å². The van der Waals surface area contributed by atoms with Crippen LogP contribution in [0.3, 0.4) is 0 Å². The zero-order valence-electron chi connectivity index (χ0n) is 14.2. The summed E-state index contributed by atoms with van der Waals surface area (Å²) in [4.78, 5) is 0. The van der Waals surface area contributed by atoms with E-state index in [1.54, 1.807) is 14.2 Å². The molecule has 1 unspecified atom stereocenters. The SMILES string of the molecule is COc1cccc(NCCC(C)CCCC(C)(C)OC)c1. The molecule has 3 heteroatoms. The van der Waals surface area contributed by atoms with Gasteiger partial charge in [0.05, 0.1) is 12.7 Å². The largest absolute Gasteiger partial charge is 0.497 e. The summed E-state index contributed by atoms with van der Waals surface area (Å²) in [5.74, 6) is 1.63. The molecule has 0 aliphatic carbocycles. The average Bonchev–Trinajstić information content (AvgIpc) is 2.47. The molecule has 0 spiro atoms. The number of benzene rings is 1. The van der Waals surface area contributed by atoms with E-state index in [1.165, 1.54) is 19.3 Å². The van der Waals surface area contributed by atoms with Crippen molar-refractivity contribution in [3.8, 4) is 5.75 Å². The molecular formula is C18H31NO2. The summed E-state index contributed by atoms with van der Waals surface area (Å²) in [7, 11) is 3.49. The molecule has 1 atom stereocenters. The average molecular weight is 293 g/mol. The van der Waals surface area contributed by atoms with Crippen LogP contribution in [0.5, 0.6) is 5.75 Å². The number of nitrogens with one attached hydrogen (secondary N) is 1. The van der Waals surface area contributed by atoms with Gasteiger partial charge in [-0.2, -0.15) is 0 Å². The second-order valence-electron chi connectivity index (χ2n) is 6.41. The third-order valence-corrected chi connectivity index (χ3v) is 4.06. The van der Waals surface area contributed by atoms with Gasteiger partial charge in [-0.25, -0.2) is 0 Å². The van der Waals surface area contributed by atoms with Gasteiger partial charge in [0.15, 0.2) is 0 Å². The molecule has 0 saturated heterocycles. The highest BCUT2D eigenvalue weighted by atomic mass is 16.5. The van der Waals surface area contributed by atoms with Gasteiger partial charge in [0.2, 0.25) is 0 Å². The van der Waals surface area contributed by atoms with Gasteiger partial charge in [-0.1, -0.05) is 25.8 Å². The normalized spacial score (nSPS) is 13.0. The first-order chi connectivity index (χ1) is 9.96. The highest BCUT2D eigenvalue weighted by Crippen LogP contribution is 2.21. The van der Waals surface area contributed by atoms with Gasteiger partial charge < -0.3 is 14.8 Å². The van der Waals surface area contributed by atoms with Crippen LogP contribution in [0.2, 0.25) is 0 Å². The Morgan fingerprint density at radius 2 is 1.95 bits per heavy atom. The Balaban J connectivity index is 2.19. The molecule has 1 rings (SSSR count). The Labute approximate surface area is 130 Å². The molecule has 21 heavy (non-hydrogen) atoms. The third-order valence-electron chi connectivity index (χ3n) is 4.06. The fraction of sp³-hybridized carbons (Fsp3) is 0.667. The second kappa shape index (κ2) is 8.93. The van der Waals surface area contributed by atoms with Crippen molar-refractivity contribution in [2.45, 2.75) is 52.1 Å². The molecule has 0 amide bonds. The van der Waals surface area contributed by atoms with Crippen LogP contribution in [0.25, 0.3) is 0 Å². The zero-order chi connectivity index (χ0) is 15.7. The molecule has 0 aliphatic heterocycles. The van der Waals surface area contributed by atoms with E-state index in [-0.39, 0.29) is 5.60 Å². The third kappa shape index (κ3) is 7.37. The molecule has 120 valence electrons. The second-order valence-corrected chi connectivity index (χ2v) is 6.41. The summed E-state index contributed by atoms with van der Waals surface area (Å²) in [6.07, 6.45) is 4.79. The van der Waals surface area contributed by atoms with Crippen LogP contribution < -0.4 is 10.1 Å². The molecule has 1 aromatic rings. The van der Waals surface area contributed by atoms with E-state index in [0.29, 0.717) is 0 Å². The van der Waals surface area contributed by atoms with Gasteiger partial charge in [-0.05, 0) is 44.7 Å². The van der Waals surface area contributed by atoms with Gasteiger partial charge in [0.1, 0.15) is 5.75 Å². The Kier molecular flexibility index (Phi) is 7.58. The number of ether oxygens (including phenoxy) is 2.